The topological polar surface area (TPSA) is 22.0 Å². The summed E-state index contributed by atoms with van der Waals surface area (Å²) >= 11 is 0. The Morgan fingerprint density at radius 2 is 1.71 bits per heavy atom. The van der Waals surface area contributed by atoms with E-state index in [1.807, 2.05) is 36.4 Å². The molecule has 0 N–H and O–H groups in total. The van der Waals surface area contributed by atoms with Gasteiger partial charge in [-0.15, -0.1) is 0 Å². The van der Waals surface area contributed by atoms with Crippen molar-refractivity contribution >= 4 is 0 Å². The lowest BCUT2D eigenvalue weighted by Gasteiger charge is -2.01. The minimum Gasteiger partial charge on any atom is -0.319 e. The Balaban J connectivity index is 2.54. The van der Waals surface area contributed by atoms with Crippen LogP contribution in [-0.2, 0) is 7.05 Å². The van der Waals surface area contributed by atoms with Gasteiger partial charge >= 0.3 is 0 Å². The van der Waals surface area contributed by atoms with Gasteiger partial charge in [0.15, 0.2) is 0 Å². The number of aryl methyl sites for hydroxylation is 1. The van der Waals surface area contributed by atoms with Crippen molar-refractivity contribution in [3.05, 3.63) is 59.0 Å². The van der Waals surface area contributed by atoms with E-state index < -0.39 is 0 Å². The van der Waals surface area contributed by atoms with Crippen molar-refractivity contribution in [2.45, 2.75) is 0 Å². The summed E-state index contributed by atoms with van der Waals surface area (Å²) in [5, 5.41) is 0. The van der Waals surface area contributed by atoms with Crippen LogP contribution in [0, 0.1) is 0 Å². The summed E-state index contributed by atoms with van der Waals surface area (Å²) in [7, 11) is 1.75. The van der Waals surface area contributed by atoms with Crippen LogP contribution >= 0.6 is 0 Å². The normalized spacial score (nSPS) is 10.1. The smallest absolute Gasteiger partial charge is 0.250 e. The summed E-state index contributed by atoms with van der Waals surface area (Å²) in [4.78, 5) is 11.4. The quantitative estimate of drug-likeness (QED) is 0.666. The summed E-state index contributed by atoms with van der Waals surface area (Å²) in [5.74, 6) is 0. The second-order valence-electron chi connectivity index (χ2n) is 3.23. The molecule has 0 saturated carbocycles. The molecule has 2 nitrogen and oxygen atoms in total. The van der Waals surface area contributed by atoms with Gasteiger partial charge in [0.05, 0.1) is 0 Å². The van der Waals surface area contributed by atoms with Crippen LogP contribution in [0.25, 0.3) is 11.1 Å². The number of hydrogen-bond acceptors (Lipinski definition) is 1. The third kappa shape index (κ3) is 1.59. The predicted molar refractivity (Wildman–Crippen MR) is 57.1 cm³/mol. The lowest BCUT2D eigenvalue weighted by molar-refractivity contribution is 0.861. The molecular formula is C12H11NO. The van der Waals surface area contributed by atoms with Crippen molar-refractivity contribution in [1.82, 2.24) is 4.57 Å². The maximum Gasteiger partial charge on any atom is 0.250 e. The number of rotatable bonds is 1. The first-order valence-electron chi connectivity index (χ1n) is 4.49. The molecule has 0 aliphatic carbocycles. The van der Waals surface area contributed by atoms with Crippen LogP contribution in [0.4, 0.5) is 0 Å². The van der Waals surface area contributed by atoms with Crippen LogP contribution in [0.15, 0.2) is 53.5 Å². The van der Waals surface area contributed by atoms with Gasteiger partial charge in [-0.05, 0) is 17.2 Å². The van der Waals surface area contributed by atoms with E-state index in [4.69, 9.17) is 0 Å². The van der Waals surface area contributed by atoms with Crippen molar-refractivity contribution in [3.63, 3.8) is 0 Å². The molecule has 0 bridgehead atoms. The molecule has 14 heavy (non-hydrogen) atoms. The minimum atomic E-state index is 0.0198. The largest absolute Gasteiger partial charge is 0.319 e. The lowest BCUT2D eigenvalue weighted by atomic mass is 10.1. The van der Waals surface area contributed by atoms with Gasteiger partial charge in [0.2, 0.25) is 0 Å². The van der Waals surface area contributed by atoms with Gasteiger partial charge < -0.3 is 4.57 Å². The van der Waals surface area contributed by atoms with E-state index in [1.165, 1.54) is 0 Å². The molecule has 2 heteroatoms. The zero-order valence-corrected chi connectivity index (χ0v) is 7.97. The Bertz CT molecular complexity index is 485. The van der Waals surface area contributed by atoms with E-state index in [1.54, 1.807) is 23.9 Å². The van der Waals surface area contributed by atoms with E-state index in [0.29, 0.717) is 0 Å². The standard InChI is InChI=1S/C12H11NO/c1-13-8-7-11(9-12(13)14)10-5-3-2-4-6-10/h2-9H,1H3. The van der Waals surface area contributed by atoms with E-state index in [9.17, 15) is 4.79 Å². The summed E-state index contributed by atoms with van der Waals surface area (Å²) in [6.45, 7) is 0. The second kappa shape index (κ2) is 3.50. The fourth-order valence-electron chi connectivity index (χ4n) is 1.36. The summed E-state index contributed by atoms with van der Waals surface area (Å²) in [5.41, 5.74) is 2.06. The average molecular weight is 185 g/mol. The molecule has 1 heterocycles. The van der Waals surface area contributed by atoms with Gasteiger partial charge in [-0.1, -0.05) is 30.3 Å². The van der Waals surface area contributed by atoms with Gasteiger partial charge in [-0.25, -0.2) is 0 Å². The summed E-state index contributed by atoms with van der Waals surface area (Å²) in [6, 6.07) is 13.5. The highest BCUT2D eigenvalue weighted by molar-refractivity contribution is 5.62. The van der Waals surface area contributed by atoms with E-state index in [0.717, 1.165) is 11.1 Å². The highest BCUT2D eigenvalue weighted by Crippen LogP contribution is 2.15. The van der Waals surface area contributed by atoms with Gasteiger partial charge in [0.25, 0.3) is 5.56 Å². The molecule has 70 valence electrons. The molecular weight excluding hydrogens is 174 g/mol. The van der Waals surface area contributed by atoms with E-state index in [-0.39, 0.29) is 5.56 Å². The molecule has 1 aromatic carbocycles. The first-order valence-corrected chi connectivity index (χ1v) is 4.49. The number of benzene rings is 1. The maximum atomic E-state index is 11.4. The molecule has 2 rings (SSSR count). The number of hydrogen-bond donors (Lipinski definition) is 0. The zero-order chi connectivity index (χ0) is 9.97. The fraction of sp³-hybridized carbons (Fsp3) is 0.0833. The van der Waals surface area contributed by atoms with Crippen molar-refractivity contribution in [2.75, 3.05) is 0 Å². The van der Waals surface area contributed by atoms with Crippen molar-refractivity contribution in [3.8, 4) is 11.1 Å². The Morgan fingerprint density at radius 3 is 2.36 bits per heavy atom. The van der Waals surface area contributed by atoms with E-state index >= 15 is 0 Å². The molecule has 0 saturated heterocycles. The zero-order valence-electron chi connectivity index (χ0n) is 7.97. The molecule has 0 radical (unpaired) electrons. The van der Waals surface area contributed by atoms with Gasteiger partial charge in [-0.3, -0.25) is 4.79 Å². The van der Waals surface area contributed by atoms with Crippen LogP contribution in [0.3, 0.4) is 0 Å². The molecule has 0 aliphatic heterocycles. The maximum absolute atomic E-state index is 11.4. The van der Waals surface area contributed by atoms with Gasteiger partial charge in [-0.2, -0.15) is 0 Å². The van der Waals surface area contributed by atoms with Crippen molar-refractivity contribution in [2.24, 2.45) is 7.05 Å². The first kappa shape index (κ1) is 8.75. The molecule has 2 aromatic rings. The average Bonchev–Trinajstić information content (AvgIpc) is 2.23. The van der Waals surface area contributed by atoms with Gasteiger partial charge in [0.1, 0.15) is 0 Å². The van der Waals surface area contributed by atoms with Crippen LogP contribution < -0.4 is 5.56 Å². The number of aromatic nitrogens is 1. The van der Waals surface area contributed by atoms with Crippen LogP contribution in [-0.4, -0.2) is 4.57 Å². The minimum absolute atomic E-state index is 0.0198. The molecule has 0 atom stereocenters. The Hall–Kier alpha value is -1.83. The Labute approximate surface area is 82.4 Å². The molecule has 0 unspecified atom stereocenters. The first-order chi connectivity index (χ1) is 6.77. The van der Waals surface area contributed by atoms with Crippen LogP contribution in [0.5, 0.6) is 0 Å². The van der Waals surface area contributed by atoms with Crippen molar-refractivity contribution in [1.29, 1.82) is 0 Å². The summed E-state index contributed by atoms with van der Waals surface area (Å²) < 4.78 is 1.56. The molecule has 0 aliphatic rings. The highest BCUT2D eigenvalue weighted by Gasteiger charge is 1.97. The molecule has 0 fully saturated rings. The Morgan fingerprint density at radius 1 is 1.00 bits per heavy atom. The highest BCUT2D eigenvalue weighted by atomic mass is 16.1. The molecule has 0 spiro atoms. The predicted octanol–water partition coefficient (Wildman–Crippen LogP) is 2.05. The SMILES string of the molecule is Cn1ccc(-c2ccccc2)cc1=O. The van der Waals surface area contributed by atoms with Crippen LogP contribution in [0.2, 0.25) is 0 Å². The third-order valence-electron chi connectivity index (χ3n) is 2.21. The van der Waals surface area contributed by atoms with E-state index in [2.05, 4.69) is 0 Å². The molecule has 0 amide bonds. The molecule has 1 aromatic heterocycles. The van der Waals surface area contributed by atoms with Crippen molar-refractivity contribution < 1.29 is 0 Å². The summed E-state index contributed by atoms with van der Waals surface area (Å²) in [6.07, 6.45) is 1.78. The monoisotopic (exact) mass is 185 g/mol. The fourth-order valence-corrected chi connectivity index (χ4v) is 1.36. The Kier molecular flexibility index (Phi) is 2.19. The lowest BCUT2D eigenvalue weighted by Crippen LogP contribution is -2.13. The second-order valence-corrected chi connectivity index (χ2v) is 3.23. The van der Waals surface area contributed by atoms with Crippen LogP contribution in [0.1, 0.15) is 0 Å². The number of nitrogens with zero attached hydrogens (tertiary/aromatic N) is 1. The van der Waals surface area contributed by atoms with Gasteiger partial charge in [0, 0.05) is 19.3 Å². The third-order valence-corrected chi connectivity index (χ3v) is 2.21. The number of pyridine rings is 1.